The van der Waals surface area contributed by atoms with Gasteiger partial charge in [-0.25, -0.2) is 0 Å². The molecule has 2 atom stereocenters. The van der Waals surface area contributed by atoms with Crippen LogP contribution < -0.4 is 5.73 Å². The topological polar surface area (TPSA) is 29.3 Å². The summed E-state index contributed by atoms with van der Waals surface area (Å²) >= 11 is 3.58. The number of rotatable bonds is 6. The Kier molecular flexibility index (Phi) is 6.06. The molecule has 1 fully saturated rings. The molecule has 1 aliphatic rings. The molecule has 112 valence electrons. The van der Waals surface area contributed by atoms with Crippen molar-refractivity contribution in [3.8, 4) is 0 Å². The maximum Gasteiger partial charge on any atom is 0.0496 e. The highest BCUT2D eigenvalue weighted by Gasteiger charge is 2.26. The van der Waals surface area contributed by atoms with Gasteiger partial charge in [0.2, 0.25) is 0 Å². The van der Waals surface area contributed by atoms with Gasteiger partial charge in [-0.3, -0.25) is 4.90 Å². The molecule has 1 saturated carbocycles. The summed E-state index contributed by atoms with van der Waals surface area (Å²) in [5.74, 6) is 0.860. The van der Waals surface area contributed by atoms with Crippen molar-refractivity contribution in [2.24, 2.45) is 11.7 Å². The lowest BCUT2D eigenvalue weighted by molar-refractivity contribution is 0.180. The largest absolute Gasteiger partial charge is 0.326 e. The van der Waals surface area contributed by atoms with Crippen LogP contribution in [-0.4, -0.2) is 24.5 Å². The summed E-state index contributed by atoms with van der Waals surface area (Å²) in [7, 11) is 2.24. The first-order chi connectivity index (χ1) is 9.61. The molecular formula is C17H27BrN2. The van der Waals surface area contributed by atoms with Crippen LogP contribution in [0.3, 0.4) is 0 Å². The molecule has 0 bridgehead atoms. The Morgan fingerprint density at radius 2 is 2.05 bits per heavy atom. The number of nitrogens with two attached hydrogens (primary N) is 1. The number of benzene rings is 1. The highest BCUT2D eigenvalue weighted by molar-refractivity contribution is 9.10. The monoisotopic (exact) mass is 338 g/mol. The number of halogens is 1. The molecule has 0 heterocycles. The van der Waals surface area contributed by atoms with E-state index in [0.29, 0.717) is 6.04 Å². The average molecular weight is 339 g/mol. The van der Waals surface area contributed by atoms with Crippen LogP contribution in [0.25, 0.3) is 0 Å². The van der Waals surface area contributed by atoms with E-state index in [1.54, 1.807) is 0 Å². The Morgan fingerprint density at radius 1 is 1.35 bits per heavy atom. The Hall–Kier alpha value is -0.380. The van der Waals surface area contributed by atoms with Gasteiger partial charge in [-0.1, -0.05) is 47.8 Å². The lowest BCUT2D eigenvalue weighted by Crippen LogP contribution is -2.40. The smallest absolute Gasteiger partial charge is 0.0496 e. The molecular weight excluding hydrogens is 312 g/mol. The van der Waals surface area contributed by atoms with E-state index in [-0.39, 0.29) is 6.04 Å². The summed E-state index contributed by atoms with van der Waals surface area (Å²) in [5, 5.41) is 0. The van der Waals surface area contributed by atoms with Gasteiger partial charge in [-0.2, -0.15) is 0 Å². The van der Waals surface area contributed by atoms with Crippen molar-refractivity contribution in [3.05, 3.63) is 34.3 Å². The second kappa shape index (κ2) is 7.58. The minimum atomic E-state index is 0.190. The van der Waals surface area contributed by atoms with E-state index in [1.807, 2.05) is 0 Å². The molecule has 2 rings (SSSR count). The van der Waals surface area contributed by atoms with Gasteiger partial charge in [0.05, 0.1) is 0 Å². The molecule has 3 heteroatoms. The van der Waals surface area contributed by atoms with Crippen LogP contribution in [0.15, 0.2) is 28.7 Å². The van der Waals surface area contributed by atoms with Crippen molar-refractivity contribution < 1.29 is 0 Å². The van der Waals surface area contributed by atoms with Crippen LogP contribution in [0, 0.1) is 5.92 Å². The third-order valence-corrected chi connectivity index (χ3v) is 5.06. The van der Waals surface area contributed by atoms with Crippen LogP contribution in [-0.2, 0) is 0 Å². The van der Waals surface area contributed by atoms with Crippen molar-refractivity contribution in [2.45, 2.75) is 51.1 Å². The average Bonchev–Trinajstić information content (AvgIpc) is 2.91. The van der Waals surface area contributed by atoms with Gasteiger partial charge in [0.25, 0.3) is 0 Å². The van der Waals surface area contributed by atoms with E-state index >= 15 is 0 Å². The minimum Gasteiger partial charge on any atom is -0.326 e. The van der Waals surface area contributed by atoms with Gasteiger partial charge >= 0.3 is 0 Å². The maximum atomic E-state index is 6.42. The molecule has 0 saturated heterocycles. The third-order valence-electron chi connectivity index (χ3n) is 4.56. The molecule has 0 amide bonds. The number of hydrogen-bond donors (Lipinski definition) is 1. The molecule has 0 aromatic heterocycles. The quantitative estimate of drug-likeness (QED) is 0.835. The molecule has 0 radical (unpaired) electrons. The molecule has 1 aromatic rings. The first-order valence-corrected chi connectivity index (χ1v) is 8.62. The summed E-state index contributed by atoms with van der Waals surface area (Å²) in [6, 6.07) is 9.11. The Labute approximate surface area is 131 Å². The standard InChI is InChI=1S/C17H27BrN2/c1-3-16(19)17(14-9-6-10-15(18)11-14)20(2)12-13-7-4-5-8-13/h6,9-11,13,16-17H,3-5,7-8,12,19H2,1-2H3. The second-order valence-corrected chi connectivity index (χ2v) is 7.08. The molecule has 2 N–H and O–H groups in total. The normalized spacial score (nSPS) is 19.4. The van der Waals surface area contributed by atoms with Gasteiger partial charge in [0, 0.05) is 23.1 Å². The lowest BCUT2D eigenvalue weighted by atomic mass is 9.95. The number of hydrogen-bond acceptors (Lipinski definition) is 2. The van der Waals surface area contributed by atoms with E-state index in [0.717, 1.165) is 16.8 Å². The van der Waals surface area contributed by atoms with E-state index in [1.165, 1.54) is 37.8 Å². The zero-order valence-corrected chi connectivity index (χ0v) is 14.3. The van der Waals surface area contributed by atoms with Crippen LogP contribution in [0.1, 0.15) is 50.6 Å². The fourth-order valence-electron chi connectivity index (χ4n) is 3.46. The van der Waals surface area contributed by atoms with Crippen molar-refractivity contribution in [3.63, 3.8) is 0 Å². The highest BCUT2D eigenvalue weighted by Crippen LogP contribution is 2.31. The number of nitrogens with zero attached hydrogens (tertiary/aromatic N) is 1. The molecule has 2 unspecified atom stereocenters. The molecule has 2 nitrogen and oxygen atoms in total. The van der Waals surface area contributed by atoms with Crippen LogP contribution >= 0.6 is 15.9 Å². The van der Waals surface area contributed by atoms with Gasteiger partial charge < -0.3 is 5.73 Å². The zero-order chi connectivity index (χ0) is 14.5. The van der Waals surface area contributed by atoms with Gasteiger partial charge in [-0.05, 0) is 49.9 Å². The first kappa shape index (κ1) is 16.0. The van der Waals surface area contributed by atoms with Crippen LogP contribution in [0.2, 0.25) is 0 Å². The molecule has 0 spiro atoms. The van der Waals surface area contributed by atoms with Crippen LogP contribution in [0.4, 0.5) is 0 Å². The third kappa shape index (κ3) is 4.06. The van der Waals surface area contributed by atoms with Crippen LogP contribution in [0.5, 0.6) is 0 Å². The summed E-state index contributed by atoms with van der Waals surface area (Å²) in [6.07, 6.45) is 6.58. The SMILES string of the molecule is CCC(N)C(c1cccc(Br)c1)N(C)CC1CCCC1. The Balaban J connectivity index is 2.13. The fourth-order valence-corrected chi connectivity index (χ4v) is 3.87. The van der Waals surface area contributed by atoms with Crippen molar-refractivity contribution in [2.75, 3.05) is 13.6 Å². The summed E-state index contributed by atoms with van der Waals surface area (Å²) in [6.45, 7) is 3.35. The molecule has 20 heavy (non-hydrogen) atoms. The Bertz CT molecular complexity index is 415. The second-order valence-electron chi connectivity index (χ2n) is 6.16. The molecule has 0 aliphatic heterocycles. The van der Waals surface area contributed by atoms with E-state index < -0.39 is 0 Å². The van der Waals surface area contributed by atoms with Gasteiger partial charge in [0.15, 0.2) is 0 Å². The predicted molar refractivity (Wildman–Crippen MR) is 89.7 cm³/mol. The predicted octanol–water partition coefficient (Wildman–Crippen LogP) is 4.35. The summed E-state index contributed by atoms with van der Waals surface area (Å²) < 4.78 is 1.14. The van der Waals surface area contributed by atoms with Crippen molar-refractivity contribution in [1.82, 2.24) is 4.90 Å². The lowest BCUT2D eigenvalue weighted by Gasteiger charge is -2.34. The van der Waals surface area contributed by atoms with Gasteiger partial charge in [-0.15, -0.1) is 0 Å². The molecule has 1 aromatic carbocycles. The van der Waals surface area contributed by atoms with E-state index in [9.17, 15) is 0 Å². The molecule has 1 aliphatic carbocycles. The first-order valence-electron chi connectivity index (χ1n) is 7.83. The van der Waals surface area contributed by atoms with E-state index in [2.05, 4.69) is 59.1 Å². The highest BCUT2D eigenvalue weighted by atomic mass is 79.9. The number of likely N-dealkylation sites (N-methyl/N-ethyl adjacent to an activating group) is 1. The summed E-state index contributed by atoms with van der Waals surface area (Å²) in [4.78, 5) is 2.48. The zero-order valence-electron chi connectivity index (χ0n) is 12.7. The Morgan fingerprint density at radius 3 is 2.65 bits per heavy atom. The fraction of sp³-hybridized carbons (Fsp3) is 0.647. The van der Waals surface area contributed by atoms with Gasteiger partial charge in [0.1, 0.15) is 0 Å². The van der Waals surface area contributed by atoms with Crippen molar-refractivity contribution in [1.29, 1.82) is 0 Å². The van der Waals surface area contributed by atoms with Crippen molar-refractivity contribution >= 4 is 15.9 Å². The van der Waals surface area contributed by atoms with E-state index in [4.69, 9.17) is 5.73 Å². The summed E-state index contributed by atoms with van der Waals surface area (Å²) in [5.41, 5.74) is 7.75. The minimum absolute atomic E-state index is 0.190. The maximum absolute atomic E-state index is 6.42.